The van der Waals surface area contributed by atoms with Crippen LogP contribution in [0.15, 0.2) is 30.5 Å². The lowest BCUT2D eigenvalue weighted by Crippen LogP contribution is -2.42. The fourth-order valence-electron chi connectivity index (χ4n) is 3.28. The molecule has 0 aliphatic heterocycles. The summed E-state index contributed by atoms with van der Waals surface area (Å²) in [6, 6.07) is 7.92. The molecule has 26 heavy (non-hydrogen) atoms. The fourth-order valence-corrected chi connectivity index (χ4v) is 3.28. The van der Waals surface area contributed by atoms with Crippen molar-refractivity contribution in [2.45, 2.75) is 64.2 Å². The predicted octanol–water partition coefficient (Wildman–Crippen LogP) is 4.03. The maximum atomic E-state index is 11.9. The van der Waals surface area contributed by atoms with Crippen LogP contribution in [0.25, 0.3) is 10.8 Å². The zero-order valence-electron chi connectivity index (χ0n) is 15.6. The van der Waals surface area contributed by atoms with E-state index in [1.807, 2.05) is 45.0 Å². The summed E-state index contributed by atoms with van der Waals surface area (Å²) in [5.41, 5.74) is 5.47. The van der Waals surface area contributed by atoms with Gasteiger partial charge in [0.25, 0.3) is 0 Å². The SMILES string of the molecule is CC(C)(C)OC(=O)NC1CCC(Oc2cccc3c(N)nccc23)CC1. The quantitative estimate of drug-likeness (QED) is 0.866. The van der Waals surface area contributed by atoms with E-state index in [0.717, 1.165) is 42.2 Å². The second-order valence-corrected chi connectivity index (χ2v) is 7.79. The molecule has 1 saturated carbocycles. The summed E-state index contributed by atoms with van der Waals surface area (Å²) in [4.78, 5) is 16.0. The van der Waals surface area contributed by atoms with Gasteiger partial charge in [0.2, 0.25) is 0 Å². The van der Waals surface area contributed by atoms with Gasteiger partial charge in [0.1, 0.15) is 17.2 Å². The Balaban J connectivity index is 1.57. The minimum Gasteiger partial charge on any atom is -0.490 e. The summed E-state index contributed by atoms with van der Waals surface area (Å²) >= 11 is 0. The number of nitrogens with two attached hydrogens (primary N) is 1. The normalized spacial score (nSPS) is 20.6. The Morgan fingerprint density at radius 1 is 1.15 bits per heavy atom. The molecule has 3 N–H and O–H groups in total. The van der Waals surface area contributed by atoms with Crippen LogP contribution in [0.5, 0.6) is 5.75 Å². The van der Waals surface area contributed by atoms with E-state index < -0.39 is 5.60 Å². The Bertz CT molecular complexity index is 777. The highest BCUT2D eigenvalue weighted by Crippen LogP contribution is 2.31. The van der Waals surface area contributed by atoms with E-state index in [9.17, 15) is 4.79 Å². The number of nitrogens with zero attached hydrogens (tertiary/aromatic N) is 1. The van der Waals surface area contributed by atoms with Crippen molar-refractivity contribution in [2.24, 2.45) is 0 Å². The third-order valence-corrected chi connectivity index (χ3v) is 4.49. The van der Waals surface area contributed by atoms with Crippen LogP contribution in [-0.2, 0) is 4.74 Å². The van der Waals surface area contributed by atoms with Crippen molar-refractivity contribution >= 4 is 22.7 Å². The Morgan fingerprint density at radius 2 is 1.88 bits per heavy atom. The first-order chi connectivity index (χ1) is 12.3. The molecule has 6 heteroatoms. The van der Waals surface area contributed by atoms with Gasteiger partial charge in [0.05, 0.1) is 6.10 Å². The summed E-state index contributed by atoms with van der Waals surface area (Å²) in [5, 5.41) is 4.84. The van der Waals surface area contributed by atoms with Crippen LogP contribution >= 0.6 is 0 Å². The molecule has 1 aromatic heterocycles. The maximum Gasteiger partial charge on any atom is 0.407 e. The van der Waals surface area contributed by atoms with Crippen molar-refractivity contribution < 1.29 is 14.3 Å². The second kappa shape index (κ2) is 7.40. The molecule has 0 saturated heterocycles. The van der Waals surface area contributed by atoms with Crippen LogP contribution in [0.2, 0.25) is 0 Å². The summed E-state index contributed by atoms with van der Waals surface area (Å²) in [6.45, 7) is 5.59. The maximum absolute atomic E-state index is 11.9. The molecule has 1 aromatic carbocycles. The van der Waals surface area contributed by atoms with Crippen molar-refractivity contribution in [1.82, 2.24) is 10.3 Å². The van der Waals surface area contributed by atoms with Crippen molar-refractivity contribution in [3.05, 3.63) is 30.5 Å². The van der Waals surface area contributed by atoms with E-state index in [4.69, 9.17) is 15.2 Å². The number of carbonyl (C=O) groups is 1. The minimum absolute atomic E-state index is 0.131. The molecule has 1 heterocycles. The fraction of sp³-hybridized carbons (Fsp3) is 0.500. The Kier molecular flexibility index (Phi) is 5.20. The van der Waals surface area contributed by atoms with Crippen molar-refractivity contribution in [1.29, 1.82) is 0 Å². The summed E-state index contributed by atoms with van der Waals surface area (Å²) < 4.78 is 11.6. The minimum atomic E-state index is -0.477. The van der Waals surface area contributed by atoms with E-state index in [1.54, 1.807) is 6.20 Å². The van der Waals surface area contributed by atoms with E-state index in [-0.39, 0.29) is 18.2 Å². The van der Waals surface area contributed by atoms with Crippen LogP contribution in [0.1, 0.15) is 46.5 Å². The Labute approximate surface area is 154 Å². The van der Waals surface area contributed by atoms with Gasteiger partial charge in [-0.2, -0.15) is 0 Å². The average molecular weight is 357 g/mol. The molecule has 1 aliphatic carbocycles. The molecule has 6 nitrogen and oxygen atoms in total. The van der Waals surface area contributed by atoms with Crippen molar-refractivity contribution in [3.63, 3.8) is 0 Å². The number of aromatic nitrogens is 1. The number of rotatable bonds is 3. The highest BCUT2D eigenvalue weighted by Gasteiger charge is 2.26. The molecule has 1 amide bonds. The standard InChI is InChI=1S/C20H27N3O3/c1-20(2,3)26-19(24)23-13-7-9-14(10-8-13)25-17-6-4-5-16-15(17)11-12-22-18(16)21/h4-6,11-14H,7-10H2,1-3H3,(H2,21,22)(H,23,24). The van der Waals surface area contributed by atoms with E-state index in [1.165, 1.54) is 0 Å². The number of pyridine rings is 1. The zero-order valence-corrected chi connectivity index (χ0v) is 15.6. The van der Waals surface area contributed by atoms with Crippen LogP contribution in [0, 0.1) is 0 Å². The smallest absolute Gasteiger partial charge is 0.407 e. The summed E-state index contributed by atoms with van der Waals surface area (Å²) in [5.74, 6) is 1.35. The molecule has 0 radical (unpaired) electrons. The van der Waals surface area contributed by atoms with Crippen molar-refractivity contribution in [3.8, 4) is 5.75 Å². The lowest BCUT2D eigenvalue weighted by atomic mass is 9.93. The van der Waals surface area contributed by atoms with Gasteiger partial charge >= 0.3 is 6.09 Å². The lowest BCUT2D eigenvalue weighted by Gasteiger charge is -2.30. The largest absolute Gasteiger partial charge is 0.490 e. The van der Waals surface area contributed by atoms with Gasteiger partial charge in [-0.25, -0.2) is 9.78 Å². The monoisotopic (exact) mass is 357 g/mol. The van der Waals surface area contributed by atoms with Gasteiger partial charge in [-0.1, -0.05) is 12.1 Å². The van der Waals surface area contributed by atoms with E-state index in [0.29, 0.717) is 5.82 Å². The summed E-state index contributed by atoms with van der Waals surface area (Å²) in [7, 11) is 0. The first-order valence-corrected chi connectivity index (χ1v) is 9.11. The molecule has 0 unspecified atom stereocenters. The molecular weight excluding hydrogens is 330 g/mol. The molecule has 1 fully saturated rings. The van der Waals surface area contributed by atoms with Gasteiger partial charge in [-0.3, -0.25) is 0 Å². The van der Waals surface area contributed by atoms with E-state index >= 15 is 0 Å². The first kappa shape index (κ1) is 18.3. The Morgan fingerprint density at radius 3 is 2.58 bits per heavy atom. The van der Waals surface area contributed by atoms with Crippen LogP contribution in [0.4, 0.5) is 10.6 Å². The third kappa shape index (κ3) is 4.56. The Hall–Kier alpha value is -2.50. The van der Waals surface area contributed by atoms with Gasteiger partial charge in [0, 0.05) is 23.0 Å². The highest BCUT2D eigenvalue weighted by molar-refractivity contribution is 5.94. The number of ether oxygens (including phenoxy) is 2. The van der Waals surface area contributed by atoms with Crippen LogP contribution in [0.3, 0.4) is 0 Å². The molecule has 1 aliphatic rings. The second-order valence-electron chi connectivity index (χ2n) is 7.79. The number of hydrogen-bond acceptors (Lipinski definition) is 5. The number of fused-ring (bicyclic) bond motifs is 1. The molecule has 0 spiro atoms. The van der Waals surface area contributed by atoms with Gasteiger partial charge in [0.15, 0.2) is 0 Å². The number of anilines is 1. The van der Waals surface area contributed by atoms with Gasteiger partial charge < -0.3 is 20.5 Å². The molecule has 140 valence electrons. The first-order valence-electron chi connectivity index (χ1n) is 9.11. The number of nitrogens with one attached hydrogen (secondary N) is 1. The van der Waals surface area contributed by atoms with Gasteiger partial charge in [-0.15, -0.1) is 0 Å². The molecule has 3 rings (SSSR count). The number of alkyl carbamates (subject to hydrolysis) is 1. The highest BCUT2D eigenvalue weighted by atomic mass is 16.6. The van der Waals surface area contributed by atoms with Gasteiger partial charge in [-0.05, 0) is 58.6 Å². The zero-order chi connectivity index (χ0) is 18.7. The third-order valence-electron chi connectivity index (χ3n) is 4.49. The summed E-state index contributed by atoms with van der Waals surface area (Å²) in [6.07, 6.45) is 5.00. The predicted molar refractivity (Wildman–Crippen MR) is 102 cm³/mol. The average Bonchev–Trinajstić information content (AvgIpc) is 2.56. The number of carbonyl (C=O) groups excluding carboxylic acids is 1. The molecule has 0 atom stereocenters. The molecule has 2 aromatic rings. The number of hydrogen-bond donors (Lipinski definition) is 2. The molecule has 0 bridgehead atoms. The molecular formula is C20H27N3O3. The topological polar surface area (TPSA) is 86.5 Å². The van der Waals surface area contributed by atoms with E-state index in [2.05, 4.69) is 10.3 Å². The van der Waals surface area contributed by atoms with Crippen molar-refractivity contribution in [2.75, 3.05) is 5.73 Å². The number of benzene rings is 1. The lowest BCUT2D eigenvalue weighted by molar-refractivity contribution is 0.0471. The van der Waals surface area contributed by atoms with Crippen LogP contribution in [-0.4, -0.2) is 28.8 Å². The number of amides is 1. The number of nitrogen functional groups attached to an aromatic ring is 1. The van der Waals surface area contributed by atoms with Crippen LogP contribution < -0.4 is 15.8 Å².